The van der Waals surface area contributed by atoms with Crippen molar-refractivity contribution in [1.29, 1.82) is 0 Å². The summed E-state index contributed by atoms with van der Waals surface area (Å²) < 4.78 is 3.61. The van der Waals surface area contributed by atoms with Gasteiger partial charge in [0.25, 0.3) is 0 Å². The van der Waals surface area contributed by atoms with E-state index in [0.717, 1.165) is 0 Å². The van der Waals surface area contributed by atoms with Gasteiger partial charge in [-0.25, -0.2) is 9.19 Å². The van der Waals surface area contributed by atoms with Gasteiger partial charge in [0.05, 0.1) is 12.0 Å². The largest absolute Gasteiger partial charge is 0.508 e. The van der Waals surface area contributed by atoms with E-state index in [1.807, 2.05) is 6.07 Å². The van der Waals surface area contributed by atoms with E-state index in [9.17, 15) is 4.79 Å². The van der Waals surface area contributed by atoms with Gasteiger partial charge in [0.2, 0.25) is 0 Å². The van der Waals surface area contributed by atoms with Gasteiger partial charge in [-0.1, -0.05) is 18.2 Å². The third-order valence-electron chi connectivity index (χ3n) is 1.23. The molecule has 0 radical (unpaired) electrons. The van der Waals surface area contributed by atoms with Crippen LogP contribution in [0.25, 0.3) is 0 Å². The summed E-state index contributed by atoms with van der Waals surface area (Å²) in [6, 6.07) is 8.71. The van der Waals surface area contributed by atoms with Crippen molar-refractivity contribution in [1.82, 2.24) is 0 Å². The molecule has 1 aromatic rings. The molecule has 84 valence electrons. The number of para-hydroxylation sites is 1. The molecule has 0 spiro atoms. The molecule has 5 heteroatoms. The Morgan fingerprint density at radius 3 is 2.12 bits per heavy atom. The summed E-state index contributed by atoms with van der Waals surface area (Å²) in [5.41, 5.74) is 0. The number of phenolic OH excluding ortho intramolecular Hbond substituents is 1. The number of aromatic hydroxyl groups is 1. The monoisotopic (exact) mass is 237 g/mol. The Kier molecular flexibility index (Phi) is 8.59. The van der Waals surface area contributed by atoms with E-state index in [1.54, 1.807) is 24.3 Å². The molecule has 1 aromatic carbocycles. The number of nitrogens with zero attached hydrogens (tertiary/aromatic N) is 1. The lowest BCUT2D eigenvalue weighted by Crippen LogP contribution is -1.93. The normalized spacial score (nSPS) is 11.6. The fourth-order valence-corrected chi connectivity index (χ4v) is 1.13. The fraction of sp³-hybridized carbons (Fsp3) is 0.0909. The highest BCUT2D eigenvalue weighted by Gasteiger charge is 2.01. The average Bonchev–Trinajstić information content (AvgIpc) is 2.72. The lowest BCUT2D eigenvalue weighted by molar-refractivity contribution is -0.110. The molecular weight excluding hydrogens is 226 g/mol. The van der Waals surface area contributed by atoms with Crippen LogP contribution in [0.5, 0.6) is 5.75 Å². The van der Waals surface area contributed by atoms with Crippen LogP contribution in [0.1, 0.15) is 0 Å². The van der Waals surface area contributed by atoms with Gasteiger partial charge >= 0.3 is 0 Å². The van der Waals surface area contributed by atoms with Crippen molar-refractivity contribution < 1.29 is 14.7 Å². The van der Waals surface area contributed by atoms with Crippen molar-refractivity contribution in [2.24, 2.45) is 4.40 Å². The Hall–Kier alpha value is -1.84. The minimum absolute atomic E-state index is 0.125. The highest BCUT2D eigenvalue weighted by atomic mass is 32.2. The number of carbonyl (C=O) groups is 1. The van der Waals surface area contributed by atoms with Crippen LogP contribution in [-0.4, -0.2) is 28.8 Å². The molecule has 0 aromatic heterocycles. The van der Waals surface area contributed by atoms with Crippen molar-refractivity contribution in [3.8, 4) is 5.75 Å². The maximum atomic E-state index is 10.1. The van der Waals surface area contributed by atoms with Gasteiger partial charge in [-0.2, -0.15) is 0 Å². The number of carbonyl (C=O) groups excluding carboxylic acids is 2. The molecule has 0 saturated carbocycles. The summed E-state index contributed by atoms with van der Waals surface area (Å²) in [7, 11) is 0. The molecule has 0 fully saturated rings. The van der Waals surface area contributed by atoms with E-state index in [1.165, 1.54) is 24.1 Å². The van der Waals surface area contributed by atoms with Gasteiger partial charge in [-0.05, 0) is 30.7 Å². The number of benzene rings is 1. The minimum atomic E-state index is 0.125. The van der Waals surface area contributed by atoms with Crippen LogP contribution in [0.2, 0.25) is 0 Å². The minimum Gasteiger partial charge on any atom is -0.508 e. The lowest BCUT2D eigenvalue weighted by atomic mass is 10.3. The smallest absolute Gasteiger partial charge is 0.186 e. The maximum Gasteiger partial charge on any atom is 0.186 e. The van der Waals surface area contributed by atoms with E-state index in [4.69, 9.17) is 9.90 Å². The third-order valence-corrected chi connectivity index (χ3v) is 1.90. The zero-order valence-electron chi connectivity index (χ0n) is 8.50. The molecule has 0 bridgehead atoms. The number of hydrogen-bond acceptors (Lipinski definition) is 5. The highest BCUT2D eigenvalue weighted by molar-refractivity contribution is 7.99. The van der Waals surface area contributed by atoms with Crippen LogP contribution in [0.3, 0.4) is 0 Å². The van der Waals surface area contributed by atoms with Crippen molar-refractivity contribution in [3.05, 3.63) is 36.9 Å². The van der Waals surface area contributed by atoms with Gasteiger partial charge in [0.15, 0.2) is 5.78 Å². The van der Waals surface area contributed by atoms with Gasteiger partial charge in [-0.3, -0.25) is 4.79 Å². The maximum absolute atomic E-state index is 10.1. The number of Topliss-reactive ketones (excluding diaryl/α,β-unsaturated/α-hetero) is 1. The predicted octanol–water partition coefficient (Wildman–Crippen LogP) is 1.68. The van der Waals surface area contributed by atoms with Gasteiger partial charge in [0, 0.05) is 0 Å². The third kappa shape index (κ3) is 8.74. The molecule has 0 saturated heterocycles. The number of hydrogen-bond donors (Lipinski definition) is 1. The number of rotatable bonds is 0. The second kappa shape index (κ2) is 9.71. The molecule has 4 nitrogen and oxygen atoms in total. The molecule has 16 heavy (non-hydrogen) atoms. The zero-order chi connectivity index (χ0) is 12.2. The Labute approximate surface area is 97.8 Å². The number of ketones is 1. The molecule has 0 atom stereocenters. The zero-order valence-corrected chi connectivity index (χ0v) is 9.31. The lowest BCUT2D eigenvalue weighted by Gasteiger charge is -1.82. The summed E-state index contributed by atoms with van der Waals surface area (Å²) in [5, 5.41) is 8.63. The Morgan fingerprint density at radius 1 is 1.38 bits per heavy atom. The van der Waals surface area contributed by atoms with E-state index < -0.39 is 0 Å². The van der Waals surface area contributed by atoms with Crippen LogP contribution in [-0.2, 0) is 9.59 Å². The van der Waals surface area contributed by atoms with E-state index in [0.29, 0.717) is 11.5 Å². The topological polar surface area (TPSA) is 66.7 Å². The molecule has 0 aliphatic carbocycles. The van der Waals surface area contributed by atoms with Crippen LogP contribution in [0.15, 0.2) is 41.3 Å². The Morgan fingerprint density at radius 2 is 1.94 bits per heavy atom. The molecule has 1 aliphatic rings. The molecule has 1 N–H and O–H groups in total. The van der Waals surface area contributed by atoms with Crippen molar-refractivity contribution in [2.75, 3.05) is 5.75 Å². The van der Waals surface area contributed by atoms with Gasteiger partial charge in [0.1, 0.15) is 11.7 Å². The fourth-order valence-electron chi connectivity index (χ4n) is 0.662. The first-order valence-electron chi connectivity index (χ1n) is 4.27. The van der Waals surface area contributed by atoms with Crippen molar-refractivity contribution in [3.63, 3.8) is 0 Å². The standard InChI is InChI=1S/C6H6O.C3H3NOS.C2H2O/c7-6-4-2-1-3-5-6;5-3-1-4-6-2-3;1-2-3/h1-5,7H;1H,2H2;1H2. The second-order valence-corrected chi connectivity index (χ2v) is 3.21. The van der Waals surface area contributed by atoms with Crippen LogP contribution < -0.4 is 0 Å². The summed E-state index contributed by atoms with van der Waals surface area (Å²) in [4.78, 5) is 18.6. The van der Waals surface area contributed by atoms with Gasteiger partial charge in [-0.15, -0.1) is 0 Å². The molecule has 0 unspecified atom stereocenters. The van der Waals surface area contributed by atoms with E-state index >= 15 is 0 Å². The molecule has 1 heterocycles. The predicted molar refractivity (Wildman–Crippen MR) is 65.4 cm³/mol. The molecule has 1 aliphatic heterocycles. The Balaban J connectivity index is 0.000000230. The summed E-state index contributed by atoms with van der Waals surface area (Å²) in [6.07, 6.45) is 1.35. The first-order chi connectivity index (χ1) is 7.70. The average molecular weight is 237 g/mol. The SMILES string of the molecule is C=C=O.O=C1C=NSC1.Oc1ccccc1. The first-order valence-corrected chi connectivity index (χ1v) is 5.21. The summed E-state index contributed by atoms with van der Waals surface area (Å²) in [6.45, 7) is 2.68. The quantitative estimate of drug-likeness (QED) is 0.550. The Bertz CT molecular complexity index is 370. The van der Waals surface area contributed by atoms with Crippen molar-refractivity contribution in [2.45, 2.75) is 0 Å². The highest BCUT2D eigenvalue weighted by Crippen LogP contribution is 2.05. The van der Waals surface area contributed by atoms with Crippen LogP contribution in [0, 0.1) is 0 Å². The van der Waals surface area contributed by atoms with E-state index in [2.05, 4.69) is 11.0 Å². The van der Waals surface area contributed by atoms with Crippen LogP contribution >= 0.6 is 11.9 Å². The van der Waals surface area contributed by atoms with Gasteiger partial charge < -0.3 is 5.11 Å². The van der Waals surface area contributed by atoms with Crippen molar-refractivity contribution >= 4 is 29.9 Å². The van der Waals surface area contributed by atoms with E-state index in [-0.39, 0.29) is 5.78 Å². The number of phenols is 1. The molecule has 2 rings (SSSR count). The summed E-state index contributed by atoms with van der Waals surface area (Å²) in [5.74, 6) is 2.24. The first kappa shape index (κ1) is 14.2. The summed E-state index contributed by atoms with van der Waals surface area (Å²) >= 11 is 1.30. The molecular formula is C11H11NO3S. The molecule has 0 amide bonds. The second-order valence-electron chi connectivity index (χ2n) is 2.45. The van der Waals surface area contributed by atoms with Crippen LogP contribution in [0.4, 0.5) is 0 Å².